The van der Waals surface area contributed by atoms with Crippen molar-refractivity contribution in [1.29, 1.82) is 0 Å². The zero-order valence-corrected chi connectivity index (χ0v) is 10.8. The van der Waals surface area contributed by atoms with Gasteiger partial charge >= 0.3 is 0 Å². The van der Waals surface area contributed by atoms with Crippen LogP contribution >= 0.6 is 0 Å². The van der Waals surface area contributed by atoms with E-state index >= 15 is 0 Å². The lowest BCUT2D eigenvalue weighted by atomic mass is 10.1. The number of aromatic nitrogens is 5. The fraction of sp³-hybridized carbons (Fsp3) is 0.500. The Morgan fingerprint density at radius 2 is 2.42 bits per heavy atom. The van der Waals surface area contributed by atoms with E-state index < -0.39 is 0 Å². The Morgan fingerprint density at radius 1 is 1.53 bits per heavy atom. The first-order valence-electron chi connectivity index (χ1n) is 6.39. The first-order valence-corrected chi connectivity index (χ1v) is 6.39. The fourth-order valence-electron chi connectivity index (χ4n) is 2.45. The van der Waals surface area contributed by atoms with Crippen LogP contribution < -0.4 is 0 Å². The fourth-order valence-corrected chi connectivity index (χ4v) is 2.45. The minimum absolute atomic E-state index is 0.0193. The van der Waals surface area contributed by atoms with E-state index in [0.29, 0.717) is 12.2 Å². The van der Waals surface area contributed by atoms with Gasteiger partial charge < -0.3 is 4.90 Å². The molecule has 3 rings (SSSR count). The van der Waals surface area contributed by atoms with Gasteiger partial charge in [-0.2, -0.15) is 10.2 Å². The SMILES string of the molecule is Cc1cc(C(=O)N2CCCC(n3cncn3)C2)n[nH]1. The van der Waals surface area contributed by atoms with Crippen molar-refractivity contribution in [2.45, 2.75) is 25.8 Å². The van der Waals surface area contributed by atoms with Gasteiger partial charge in [-0.15, -0.1) is 0 Å². The topological polar surface area (TPSA) is 79.7 Å². The van der Waals surface area contributed by atoms with Crippen LogP contribution in [-0.4, -0.2) is 48.9 Å². The molecule has 1 amide bonds. The summed E-state index contributed by atoms with van der Waals surface area (Å²) in [7, 11) is 0. The van der Waals surface area contributed by atoms with E-state index in [2.05, 4.69) is 20.3 Å². The van der Waals surface area contributed by atoms with E-state index in [4.69, 9.17) is 0 Å². The van der Waals surface area contributed by atoms with Gasteiger partial charge in [0.25, 0.3) is 5.91 Å². The van der Waals surface area contributed by atoms with Gasteiger partial charge in [-0.05, 0) is 25.8 Å². The number of aromatic amines is 1. The van der Waals surface area contributed by atoms with Crippen LogP contribution in [0.4, 0.5) is 0 Å². The summed E-state index contributed by atoms with van der Waals surface area (Å²) in [4.78, 5) is 18.1. The van der Waals surface area contributed by atoms with Gasteiger partial charge in [0.05, 0.1) is 6.04 Å². The van der Waals surface area contributed by atoms with Gasteiger partial charge in [-0.25, -0.2) is 9.67 Å². The highest BCUT2D eigenvalue weighted by atomic mass is 16.2. The van der Waals surface area contributed by atoms with E-state index in [1.807, 2.05) is 16.5 Å². The third-order valence-electron chi connectivity index (χ3n) is 3.42. The maximum absolute atomic E-state index is 12.3. The normalized spacial score (nSPS) is 19.6. The predicted molar refractivity (Wildman–Crippen MR) is 67.5 cm³/mol. The number of aryl methyl sites for hydroxylation is 1. The molecule has 0 bridgehead atoms. The summed E-state index contributed by atoms with van der Waals surface area (Å²) in [6.07, 6.45) is 5.22. The van der Waals surface area contributed by atoms with Crippen LogP contribution in [-0.2, 0) is 0 Å². The van der Waals surface area contributed by atoms with Crippen LogP contribution in [0.15, 0.2) is 18.7 Å². The monoisotopic (exact) mass is 260 g/mol. The molecule has 0 aromatic carbocycles. The summed E-state index contributed by atoms with van der Waals surface area (Å²) in [5.41, 5.74) is 1.38. The second-order valence-electron chi connectivity index (χ2n) is 4.86. The zero-order valence-electron chi connectivity index (χ0n) is 10.8. The third-order valence-corrected chi connectivity index (χ3v) is 3.42. The number of hydrogen-bond acceptors (Lipinski definition) is 4. The van der Waals surface area contributed by atoms with Crippen molar-refractivity contribution in [2.75, 3.05) is 13.1 Å². The number of hydrogen-bond donors (Lipinski definition) is 1. The highest BCUT2D eigenvalue weighted by molar-refractivity contribution is 5.92. The standard InChI is InChI=1S/C12H16N6O/c1-9-5-11(16-15-9)12(19)17-4-2-3-10(6-17)18-8-13-7-14-18/h5,7-8,10H,2-4,6H2,1H3,(H,15,16). The van der Waals surface area contributed by atoms with Crippen LogP contribution in [0.3, 0.4) is 0 Å². The summed E-state index contributed by atoms with van der Waals surface area (Å²) < 4.78 is 1.83. The van der Waals surface area contributed by atoms with Gasteiger partial charge in [-0.3, -0.25) is 9.89 Å². The molecule has 1 N–H and O–H groups in total. The number of carbonyl (C=O) groups excluding carboxylic acids is 1. The second kappa shape index (κ2) is 4.83. The van der Waals surface area contributed by atoms with Gasteiger partial charge in [0.15, 0.2) is 0 Å². The quantitative estimate of drug-likeness (QED) is 0.865. The summed E-state index contributed by atoms with van der Waals surface area (Å²) in [6, 6.07) is 1.99. The number of rotatable bonds is 2. The lowest BCUT2D eigenvalue weighted by molar-refractivity contribution is 0.0666. The minimum atomic E-state index is -0.0193. The van der Waals surface area contributed by atoms with Crippen LogP contribution in [0.2, 0.25) is 0 Å². The van der Waals surface area contributed by atoms with Gasteiger partial charge in [0, 0.05) is 18.8 Å². The van der Waals surface area contributed by atoms with Crippen molar-refractivity contribution < 1.29 is 4.79 Å². The molecule has 2 aromatic rings. The molecule has 1 aliphatic rings. The van der Waals surface area contributed by atoms with Crippen LogP contribution in [0, 0.1) is 6.92 Å². The first kappa shape index (κ1) is 11.9. The lowest BCUT2D eigenvalue weighted by Crippen LogP contribution is -2.41. The van der Waals surface area contributed by atoms with Crippen molar-refractivity contribution >= 4 is 5.91 Å². The number of H-pyrrole nitrogens is 1. The average Bonchev–Trinajstić information content (AvgIpc) is 3.09. The largest absolute Gasteiger partial charge is 0.335 e. The Balaban J connectivity index is 1.73. The molecule has 0 saturated carbocycles. The molecule has 1 saturated heterocycles. The molecule has 19 heavy (non-hydrogen) atoms. The minimum Gasteiger partial charge on any atom is -0.335 e. The maximum Gasteiger partial charge on any atom is 0.274 e. The Kier molecular flexibility index (Phi) is 3.02. The van der Waals surface area contributed by atoms with E-state index in [9.17, 15) is 4.79 Å². The van der Waals surface area contributed by atoms with Gasteiger partial charge in [0.2, 0.25) is 0 Å². The first-order chi connectivity index (χ1) is 9.24. The van der Waals surface area contributed by atoms with Crippen LogP contribution in [0.25, 0.3) is 0 Å². The molecule has 100 valence electrons. The number of nitrogens with one attached hydrogen (secondary N) is 1. The van der Waals surface area contributed by atoms with Crippen molar-refractivity contribution in [3.8, 4) is 0 Å². The molecular formula is C12H16N6O. The Labute approximate surface area is 110 Å². The van der Waals surface area contributed by atoms with Crippen molar-refractivity contribution in [3.05, 3.63) is 30.1 Å². The molecule has 3 heterocycles. The van der Waals surface area contributed by atoms with Crippen LogP contribution in [0.5, 0.6) is 0 Å². The highest BCUT2D eigenvalue weighted by Gasteiger charge is 2.26. The summed E-state index contributed by atoms with van der Waals surface area (Å²) >= 11 is 0. The molecule has 1 aliphatic heterocycles. The molecule has 2 aromatic heterocycles. The number of likely N-dealkylation sites (tertiary alicyclic amines) is 1. The Morgan fingerprint density at radius 3 is 3.11 bits per heavy atom. The predicted octanol–water partition coefficient (Wildman–Crippen LogP) is 0.787. The van der Waals surface area contributed by atoms with Crippen LogP contribution in [0.1, 0.15) is 35.1 Å². The molecule has 1 atom stereocenters. The Bertz CT molecular complexity index is 561. The van der Waals surface area contributed by atoms with E-state index in [1.54, 1.807) is 12.4 Å². The van der Waals surface area contributed by atoms with Crippen molar-refractivity contribution in [2.24, 2.45) is 0 Å². The average molecular weight is 260 g/mol. The van der Waals surface area contributed by atoms with Crippen molar-refractivity contribution in [3.63, 3.8) is 0 Å². The van der Waals surface area contributed by atoms with E-state index in [1.165, 1.54) is 6.33 Å². The second-order valence-corrected chi connectivity index (χ2v) is 4.86. The molecule has 0 spiro atoms. The van der Waals surface area contributed by atoms with Crippen molar-refractivity contribution in [1.82, 2.24) is 29.9 Å². The molecule has 7 heteroatoms. The lowest BCUT2D eigenvalue weighted by Gasteiger charge is -2.32. The maximum atomic E-state index is 12.3. The molecule has 1 fully saturated rings. The third kappa shape index (κ3) is 2.35. The number of piperidine rings is 1. The van der Waals surface area contributed by atoms with Gasteiger partial charge in [0.1, 0.15) is 18.3 Å². The van der Waals surface area contributed by atoms with Gasteiger partial charge in [-0.1, -0.05) is 0 Å². The summed E-state index contributed by atoms with van der Waals surface area (Å²) in [5.74, 6) is -0.0193. The molecule has 0 radical (unpaired) electrons. The molecular weight excluding hydrogens is 244 g/mol. The highest BCUT2D eigenvalue weighted by Crippen LogP contribution is 2.21. The van der Waals surface area contributed by atoms with E-state index in [-0.39, 0.29) is 11.9 Å². The smallest absolute Gasteiger partial charge is 0.274 e. The van der Waals surface area contributed by atoms with E-state index in [0.717, 1.165) is 25.1 Å². The molecule has 1 unspecified atom stereocenters. The Hall–Kier alpha value is -2.18. The number of nitrogens with zero attached hydrogens (tertiary/aromatic N) is 5. The summed E-state index contributed by atoms with van der Waals surface area (Å²) in [6.45, 7) is 3.32. The number of amides is 1. The molecule has 7 nitrogen and oxygen atoms in total. The number of carbonyl (C=O) groups is 1. The zero-order chi connectivity index (χ0) is 13.2. The summed E-state index contributed by atoms with van der Waals surface area (Å²) in [5, 5.41) is 11.0. The molecule has 0 aliphatic carbocycles.